The second kappa shape index (κ2) is 8.89. The predicted octanol–water partition coefficient (Wildman–Crippen LogP) is 3.51. The topological polar surface area (TPSA) is 126 Å². The molecular weight excluding hydrogens is 420 g/mol. The Balaban J connectivity index is 1.67. The summed E-state index contributed by atoms with van der Waals surface area (Å²) in [6, 6.07) is 5.36. The highest BCUT2D eigenvalue weighted by Crippen LogP contribution is 2.34. The highest BCUT2D eigenvalue weighted by atomic mass is 32.2. The standard InChI is InChI=1S/C17H18N4O4S3/c1-28(23,24)17-20-16(27-21-17)19-15(22)11(10-18)9-12-7-8-14(25-12)26-13-5-3-2-4-6-13/h7-9,13H,2-6H2,1H3,(H,19,20,21,22)/b11-9-. The largest absolute Gasteiger partial charge is 0.450 e. The Kier molecular flexibility index (Phi) is 6.53. The van der Waals surface area contributed by atoms with E-state index in [0.717, 1.165) is 22.9 Å². The average molecular weight is 439 g/mol. The fourth-order valence-electron chi connectivity index (χ4n) is 2.69. The molecule has 2 aromatic heterocycles. The predicted molar refractivity (Wildman–Crippen MR) is 107 cm³/mol. The van der Waals surface area contributed by atoms with Crippen molar-refractivity contribution in [1.29, 1.82) is 5.26 Å². The van der Waals surface area contributed by atoms with Crippen molar-refractivity contribution in [3.05, 3.63) is 23.5 Å². The van der Waals surface area contributed by atoms with Gasteiger partial charge in [0.2, 0.25) is 15.0 Å². The van der Waals surface area contributed by atoms with E-state index in [1.807, 2.05) is 12.1 Å². The number of furan rings is 1. The molecule has 0 unspecified atom stereocenters. The quantitative estimate of drug-likeness (QED) is 0.536. The van der Waals surface area contributed by atoms with Gasteiger partial charge in [0, 0.05) is 29.1 Å². The first-order valence-corrected chi connectivity index (χ1v) is 12.1. The molecule has 8 nitrogen and oxygen atoms in total. The van der Waals surface area contributed by atoms with Crippen molar-refractivity contribution in [2.24, 2.45) is 0 Å². The zero-order valence-corrected chi connectivity index (χ0v) is 17.5. The number of anilines is 1. The zero-order chi connectivity index (χ0) is 20.1. The van der Waals surface area contributed by atoms with Gasteiger partial charge in [-0.2, -0.15) is 14.6 Å². The minimum Gasteiger partial charge on any atom is -0.450 e. The molecule has 1 amide bonds. The van der Waals surface area contributed by atoms with Crippen molar-refractivity contribution in [3.8, 4) is 6.07 Å². The van der Waals surface area contributed by atoms with Crippen molar-refractivity contribution >= 4 is 50.2 Å². The number of nitrogens with one attached hydrogen (secondary N) is 1. The number of nitriles is 1. The van der Waals surface area contributed by atoms with E-state index < -0.39 is 15.7 Å². The molecule has 0 bridgehead atoms. The number of rotatable bonds is 6. The molecule has 0 saturated heterocycles. The zero-order valence-electron chi connectivity index (χ0n) is 15.0. The summed E-state index contributed by atoms with van der Waals surface area (Å²) in [5, 5.41) is 12.6. The Morgan fingerprint density at radius 2 is 2.14 bits per heavy atom. The summed E-state index contributed by atoms with van der Waals surface area (Å²) in [4.78, 5) is 16.0. The summed E-state index contributed by atoms with van der Waals surface area (Å²) < 4.78 is 32.2. The lowest BCUT2D eigenvalue weighted by Gasteiger charge is -2.19. The van der Waals surface area contributed by atoms with Gasteiger partial charge in [-0.15, -0.1) is 0 Å². The van der Waals surface area contributed by atoms with E-state index in [0.29, 0.717) is 11.0 Å². The number of carbonyl (C=O) groups excluding carboxylic acids is 1. The second-order valence-corrected chi connectivity index (χ2v) is 10.3. The van der Waals surface area contributed by atoms with Crippen LogP contribution in [0.25, 0.3) is 6.08 Å². The number of nitrogens with zero attached hydrogens (tertiary/aromatic N) is 3. The first-order valence-electron chi connectivity index (χ1n) is 8.58. The van der Waals surface area contributed by atoms with E-state index in [1.54, 1.807) is 17.8 Å². The van der Waals surface area contributed by atoms with Crippen molar-refractivity contribution in [2.75, 3.05) is 11.6 Å². The summed E-state index contributed by atoms with van der Waals surface area (Å²) in [5.74, 6) is -0.310. The number of hydrogen-bond donors (Lipinski definition) is 1. The van der Waals surface area contributed by atoms with Gasteiger partial charge < -0.3 is 4.42 Å². The van der Waals surface area contributed by atoms with Crippen molar-refractivity contribution in [2.45, 2.75) is 47.6 Å². The lowest BCUT2D eigenvalue weighted by Crippen LogP contribution is -2.13. The normalized spacial score (nSPS) is 15.9. The molecule has 0 aliphatic heterocycles. The van der Waals surface area contributed by atoms with Crippen LogP contribution >= 0.6 is 23.3 Å². The Bertz CT molecular complexity index is 1030. The van der Waals surface area contributed by atoms with E-state index in [2.05, 4.69) is 14.7 Å². The summed E-state index contributed by atoms with van der Waals surface area (Å²) in [6.07, 6.45) is 8.40. The average Bonchev–Trinajstić information content (AvgIpc) is 3.30. The SMILES string of the molecule is CS(=O)(=O)c1nsc(NC(=O)/C(C#N)=C\c2ccc(SC3CCCCC3)o2)n1. The van der Waals surface area contributed by atoms with Gasteiger partial charge in [0.25, 0.3) is 11.1 Å². The smallest absolute Gasteiger partial charge is 0.268 e. The fraction of sp³-hybridized carbons (Fsp3) is 0.412. The first-order chi connectivity index (χ1) is 13.3. The summed E-state index contributed by atoms with van der Waals surface area (Å²) in [5.41, 5.74) is -0.181. The molecule has 1 N–H and O–H groups in total. The maximum Gasteiger partial charge on any atom is 0.268 e. The highest BCUT2D eigenvalue weighted by Gasteiger charge is 2.19. The van der Waals surface area contributed by atoms with Crippen LogP contribution in [0, 0.1) is 11.3 Å². The lowest BCUT2D eigenvalue weighted by molar-refractivity contribution is -0.112. The number of thioether (sulfide) groups is 1. The molecule has 28 heavy (non-hydrogen) atoms. The molecule has 148 valence electrons. The van der Waals surface area contributed by atoms with E-state index in [-0.39, 0.29) is 15.9 Å². The third kappa shape index (κ3) is 5.43. The minimum absolute atomic E-state index is 0.000405. The number of carbonyl (C=O) groups is 1. The van der Waals surface area contributed by atoms with Gasteiger partial charge in [-0.25, -0.2) is 8.42 Å². The molecule has 1 aliphatic carbocycles. The molecule has 2 aromatic rings. The molecule has 1 aliphatic rings. The Morgan fingerprint density at radius 1 is 1.39 bits per heavy atom. The van der Waals surface area contributed by atoms with Crippen LogP contribution in [0.3, 0.4) is 0 Å². The van der Waals surface area contributed by atoms with Gasteiger partial charge in [0.05, 0.1) is 0 Å². The first kappa shape index (κ1) is 20.6. The van der Waals surface area contributed by atoms with Crippen LogP contribution in [0.4, 0.5) is 5.13 Å². The van der Waals surface area contributed by atoms with Gasteiger partial charge in [-0.05, 0) is 25.0 Å². The van der Waals surface area contributed by atoms with Crippen molar-refractivity contribution in [3.63, 3.8) is 0 Å². The van der Waals surface area contributed by atoms with Crippen LogP contribution in [0.15, 0.2) is 32.4 Å². The molecule has 0 atom stereocenters. The molecule has 1 saturated carbocycles. The maximum atomic E-state index is 12.3. The maximum absolute atomic E-state index is 12.3. The Labute approximate surface area is 171 Å². The van der Waals surface area contributed by atoms with Gasteiger partial charge in [0.15, 0.2) is 5.09 Å². The van der Waals surface area contributed by atoms with Gasteiger partial charge in [-0.1, -0.05) is 31.0 Å². The van der Waals surface area contributed by atoms with Crippen LogP contribution in [-0.2, 0) is 14.6 Å². The van der Waals surface area contributed by atoms with E-state index in [9.17, 15) is 18.5 Å². The highest BCUT2D eigenvalue weighted by molar-refractivity contribution is 7.99. The molecule has 3 rings (SSSR count). The molecule has 1 fully saturated rings. The fourth-order valence-corrected chi connectivity index (χ4v) is 5.32. The summed E-state index contributed by atoms with van der Waals surface area (Å²) in [7, 11) is -3.56. The van der Waals surface area contributed by atoms with Crippen LogP contribution < -0.4 is 5.32 Å². The summed E-state index contributed by atoms with van der Waals surface area (Å²) in [6.45, 7) is 0. The molecule has 0 aromatic carbocycles. The molecular formula is C17H18N4O4S3. The Hall–Kier alpha value is -2.16. The third-order valence-electron chi connectivity index (χ3n) is 4.05. The third-order valence-corrected chi connectivity index (χ3v) is 6.90. The summed E-state index contributed by atoms with van der Waals surface area (Å²) >= 11 is 2.41. The van der Waals surface area contributed by atoms with Gasteiger partial charge in [-0.3, -0.25) is 10.1 Å². The molecule has 11 heteroatoms. The number of hydrogen-bond acceptors (Lipinski definition) is 9. The number of sulfone groups is 1. The van der Waals surface area contributed by atoms with Crippen LogP contribution in [0.5, 0.6) is 0 Å². The molecule has 2 heterocycles. The van der Waals surface area contributed by atoms with Crippen molar-refractivity contribution in [1.82, 2.24) is 9.36 Å². The van der Waals surface area contributed by atoms with Crippen LogP contribution in [-0.4, -0.2) is 35.2 Å². The molecule has 0 spiro atoms. The van der Waals surface area contributed by atoms with E-state index in [4.69, 9.17) is 4.42 Å². The minimum atomic E-state index is -3.56. The second-order valence-electron chi connectivity index (χ2n) is 6.31. The molecule has 0 radical (unpaired) electrons. The van der Waals surface area contributed by atoms with Crippen LogP contribution in [0.1, 0.15) is 37.9 Å². The van der Waals surface area contributed by atoms with E-state index >= 15 is 0 Å². The lowest BCUT2D eigenvalue weighted by atomic mass is 10.0. The van der Waals surface area contributed by atoms with Gasteiger partial charge >= 0.3 is 0 Å². The van der Waals surface area contributed by atoms with Gasteiger partial charge in [0.1, 0.15) is 17.4 Å². The van der Waals surface area contributed by atoms with E-state index in [1.165, 1.54) is 38.2 Å². The van der Waals surface area contributed by atoms with Crippen LogP contribution in [0.2, 0.25) is 0 Å². The van der Waals surface area contributed by atoms with Crippen molar-refractivity contribution < 1.29 is 17.6 Å². The Morgan fingerprint density at radius 3 is 2.79 bits per heavy atom. The number of aromatic nitrogens is 2. The number of amides is 1. The monoisotopic (exact) mass is 438 g/mol.